The Hall–Kier alpha value is -2.21. The maximum Gasteiger partial charge on any atom is 0.237 e. The van der Waals surface area contributed by atoms with Crippen LogP contribution >= 0.6 is 0 Å². The van der Waals surface area contributed by atoms with Crippen molar-refractivity contribution in [1.29, 1.82) is 0 Å². The smallest absolute Gasteiger partial charge is 0.237 e. The summed E-state index contributed by atoms with van der Waals surface area (Å²) in [5, 5.41) is 3.21. The first-order valence-electron chi connectivity index (χ1n) is 13.5. The number of imide groups is 1. The maximum absolute atomic E-state index is 12.8. The molecule has 1 saturated heterocycles. The monoisotopic (exact) mass is 500 g/mol. The minimum absolute atomic E-state index is 0.0467. The van der Waals surface area contributed by atoms with Gasteiger partial charge in [0.2, 0.25) is 17.7 Å². The van der Waals surface area contributed by atoms with Gasteiger partial charge in [-0.05, 0) is 82.4 Å². The lowest BCUT2D eigenvalue weighted by Crippen LogP contribution is -2.45. The van der Waals surface area contributed by atoms with Crippen LogP contribution in [0.15, 0.2) is 24.3 Å². The highest BCUT2D eigenvalue weighted by atomic mass is 16.5. The third-order valence-electron chi connectivity index (χ3n) is 7.27. The van der Waals surface area contributed by atoms with E-state index in [-0.39, 0.29) is 46.6 Å². The zero-order chi connectivity index (χ0) is 27.3. The number of nitrogens with one attached hydrogen (secondary N) is 1. The minimum Gasteiger partial charge on any atom is -0.376 e. The summed E-state index contributed by atoms with van der Waals surface area (Å²) in [4.78, 5) is 38.6. The Morgan fingerprint density at radius 3 is 2.17 bits per heavy atom. The van der Waals surface area contributed by atoms with Gasteiger partial charge in [-0.25, -0.2) is 0 Å². The normalized spacial score (nSPS) is 17.3. The van der Waals surface area contributed by atoms with Crippen LogP contribution in [0.2, 0.25) is 0 Å². The molecule has 6 heteroatoms. The Morgan fingerprint density at radius 2 is 1.64 bits per heavy atom. The van der Waals surface area contributed by atoms with E-state index >= 15 is 0 Å². The largest absolute Gasteiger partial charge is 0.376 e. The molecule has 1 fully saturated rings. The molecule has 1 heterocycles. The summed E-state index contributed by atoms with van der Waals surface area (Å²) in [5.74, 6) is 0.118. The summed E-state index contributed by atoms with van der Waals surface area (Å²) in [7, 11) is 0. The number of carbonyl (C=O) groups excluding carboxylic acids is 3. The fourth-order valence-electron chi connectivity index (χ4n) is 4.45. The van der Waals surface area contributed by atoms with Crippen molar-refractivity contribution >= 4 is 23.4 Å². The number of benzene rings is 1. The number of ether oxygens (including phenoxy) is 1. The first kappa shape index (κ1) is 30.0. The highest BCUT2D eigenvalue weighted by Gasteiger charge is 2.36. The molecule has 0 aromatic heterocycles. The predicted octanol–water partition coefficient (Wildman–Crippen LogP) is 6.16. The molecule has 1 aliphatic rings. The first-order chi connectivity index (χ1) is 16.5. The van der Waals surface area contributed by atoms with Gasteiger partial charge in [-0.1, -0.05) is 46.8 Å². The number of anilines is 1. The second-order valence-corrected chi connectivity index (χ2v) is 12.8. The van der Waals surface area contributed by atoms with E-state index in [9.17, 15) is 14.4 Å². The van der Waals surface area contributed by atoms with Crippen molar-refractivity contribution in [1.82, 2.24) is 5.32 Å². The van der Waals surface area contributed by atoms with Gasteiger partial charge in [0.1, 0.15) is 0 Å². The Morgan fingerprint density at radius 1 is 1.03 bits per heavy atom. The van der Waals surface area contributed by atoms with Crippen LogP contribution in [0.3, 0.4) is 0 Å². The summed E-state index contributed by atoms with van der Waals surface area (Å²) in [6.07, 6.45) is 4.14. The van der Waals surface area contributed by atoms with Crippen LogP contribution in [0.4, 0.5) is 5.69 Å². The molecule has 0 bridgehead atoms. The molecular weight excluding hydrogens is 452 g/mol. The van der Waals surface area contributed by atoms with E-state index in [2.05, 4.69) is 60.7 Å². The summed E-state index contributed by atoms with van der Waals surface area (Å²) in [6.45, 7) is 19.6. The van der Waals surface area contributed by atoms with E-state index in [1.807, 2.05) is 24.3 Å². The van der Waals surface area contributed by atoms with Crippen LogP contribution in [0.25, 0.3) is 0 Å². The van der Waals surface area contributed by atoms with Crippen molar-refractivity contribution in [2.45, 2.75) is 117 Å². The molecule has 0 saturated carbocycles. The van der Waals surface area contributed by atoms with Gasteiger partial charge in [0.25, 0.3) is 0 Å². The molecule has 1 aliphatic heterocycles. The van der Waals surface area contributed by atoms with Crippen molar-refractivity contribution in [2.24, 2.45) is 11.8 Å². The Bertz CT molecular complexity index is 915. The Balaban J connectivity index is 1.87. The van der Waals surface area contributed by atoms with Gasteiger partial charge in [0.05, 0.1) is 11.3 Å². The molecule has 0 spiro atoms. The molecule has 0 aliphatic carbocycles. The van der Waals surface area contributed by atoms with Crippen LogP contribution in [0, 0.1) is 11.8 Å². The average Bonchev–Trinajstić information content (AvgIpc) is 3.02. The molecule has 1 atom stereocenters. The van der Waals surface area contributed by atoms with E-state index in [0.717, 1.165) is 31.4 Å². The molecule has 1 aromatic rings. The second kappa shape index (κ2) is 11.9. The fourth-order valence-corrected chi connectivity index (χ4v) is 4.45. The molecule has 1 N–H and O–H groups in total. The van der Waals surface area contributed by atoms with Crippen molar-refractivity contribution < 1.29 is 19.1 Å². The molecular formula is C30H48N2O4. The van der Waals surface area contributed by atoms with E-state index in [4.69, 9.17) is 4.74 Å². The number of hydrogen-bond acceptors (Lipinski definition) is 4. The fraction of sp³-hybridized carbons (Fsp3) is 0.700. The summed E-state index contributed by atoms with van der Waals surface area (Å²) < 4.78 is 6.09. The van der Waals surface area contributed by atoms with Crippen LogP contribution < -0.4 is 10.2 Å². The molecule has 1 aromatic carbocycles. The zero-order valence-electron chi connectivity index (χ0n) is 24.0. The number of rotatable bonds is 13. The van der Waals surface area contributed by atoms with Gasteiger partial charge in [0, 0.05) is 30.9 Å². The van der Waals surface area contributed by atoms with Gasteiger partial charge in [-0.3, -0.25) is 19.3 Å². The van der Waals surface area contributed by atoms with E-state index in [1.165, 1.54) is 4.90 Å². The van der Waals surface area contributed by atoms with Crippen molar-refractivity contribution in [3.05, 3.63) is 29.8 Å². The molecule has 3 amide bonds. The third-order valence-corrected chi connectivity index (χ3v) is 7.27. The topological polar surface area (TPSA) is 75.7 Å². The van der Waals surface area contributed by atoms with Gasteiger partial charge in [0.15, 0.2) is 0 Å². The Labute approximate surface area is 218 Å². The van der Waals surface area contributed by atoms with Gasteiger partial charge in [-0.15, -0.1) is 0 Å². The van der Waals surface area contributed by atoms with Gasteiger partial charge in [-0.2, -0.15) is 0 Å². The molecule has 36 heavy (non-hydrogen) atoms. The maximum atomic E-state index is 12.8. The molecule has 0 radical (unpaired) electrons. The molecule has 1 unspecified atom stereocenters. The highest BCUT2D eigenvalue weighted by molar-refractivity contribution is 6.20. The first-order valence-corrected chi connectivity index (χ1v) is 13.5. The van der Waals surface area contributed by atoms with Crippen molar-refractivity contribution in [3.8, 4) is 0 Å². The molecule has 202 valence electrons. The van der Waals surface area contributed by atoms with E-state index in [1.54, 1.807) is 6.92 Å². The number of hydrogen-bond donors (Lipinski definition) is 1. The van der Waals surface area contributed by atoms with Crippen LogP contribution in [-0.4, -0.2) is 35.5 Å². The van der Waals surface area contributed by atoms with E-state index in [0.29, 0.717) is 24.4 Å². The van der Waals surface area contributed by atoms with Crippen LogP contribution in [0.1, 0.15) is 106 Å². The SMILES string of the molecule is CC(C)CCOC(C)(C)CCC(C)(C)NC(=O)CCC(C)(C)c1ccc(N2C(=O)CC(C)C2=O)cc1. The van der Waals surface area contributed by atoms with Crippen molar-refractivity contribution in [3.63, 3.8) is 0 Å². The standard InChI is InChI=1S/C30H48N2O4/c1-21(2)15-19-36-30(8,9)18-17-29(6,7)31-25(33)14-16-28(4,5)23-10-12-24(13-11-23)32-26(34)20-22(3)27(32)35/h10-13,21-22H,14-20H2,1-9H3,(H,31,33). The van der Waals surface area contributed by atoms with Crippen LogP contribution in [-0.2, 0) is 24.5 Å². The number of amides is 3. The molecule has 2 rings (SSSR count). The predicted molar refractivity (Wildman–Crippen MR) is 146 cm³/mol. The third kappa shape index (κ3) is 8.72. The van der Waals surface area contributed by atoms with Crippen molar-refractivity contribution in [2.75, 3.05) is 11.5 Å². The lowest BCUT2D eigenvalue weighted by Gasteiger charge is -2.33. The molecule has 6 nitrogen and oxygen atoms in total. The minimum atomic E-state index is -0.312. The van der Waals surface area contributed by atoms with Gasteiger partial charge >= 0.3 is 0 Å². The van der Waals surface area contributed by atoms with Gasteiger partial charge < -0.3 is 10.1 Å². The number of nitrogens with zero attached hydrogens (tertiary/aromatic N) is 1. The lowest BCUT2D eigenvalue weighted by molar-refractivity contribution is -0.124. The quantitative estimate of drug-likeness (QED) is 0.329. The zero-order valence-corrected chi connectivity index (χ0v) is 24.0. The second-order valence-electron chi connectivity index (χ2n) is 12.8. The highest BCUT2D eigenvalue weighted by Crippen LogP contribution is 2.32. The summed E-state index contributed by atoms with van der Waals surface area (Å²) >= 11 is 0. The number of carbonyl (C=O) groups is 3. The Kier molecular flexibility index (Phi) is 9.91. The van der Waals surface area contributed by atoms with E-state index < -0.39 is 0 Å². The summed E-state index contributed by atoms with van der Waals surface area (Å²) in [5.41, 5.74) is 0.939. The summed E-state index contributed by atoms with van der Waals surface area (Å²) in [6, 6.07) is 7.59. The average molecular weight is 501 g/mol. The lowest BCUT2D eigenvalue weighted by atomic mass is 9.80. The van der Waals surface area contributed by atoms with Crippen LogP contribution in [0.5, 0.6) is 0 Å².